The highest BCUT2D eigenvalue weighted by Crippen LogP contribution is 2.24. The Morgan fingerprint density at radius 1 is 1.31 bits per heavy atom. The number of aromatic nitrogens is 2. The summed E-state index contributed by atoms with van der Waals surface area (Å²) in [6, 6.07) is 4.97. The summed E-state index contributed by atoms with van der Waals surface area (Å²) in [5.74, 6) is 0. The van der Waals surface area contributed by atoms with Gasteiger partial charge in [-0.15, -0.1) is 0 Å². The number of rotatable bonds is 2. The van der Waals surface area contributed by atoms with E-state index in [1.165, 1.54) is 0 Å². The van der Waals surface area contributed by atoms with Crippen LogP contribution in [0.1, 0.15) is 6.92 Å². The highest BCUT2D eigenvalue weighted by molar-refractivity contribution is 5.96. The van der Waals surface area contributed by atoms with Gasteiger partial charge in [0.15, 0.2) is 0 Å². The number of nitrogens with two attached hydrogens (primary N) is 1. The second-order valence-electron chi connectivity index (χ2n) is 3.39. The SMILES string of the molecule is CCNc1ccc(N)c2c1cc[n+]([O-])[n+]2[O-]. The van der Waals surface area contributed by atoms with Crippen LogP contribution < -0.4 is 20.7 Å². The Bertz CT molecular complexity index is 542. The molecule has 0 saturated carbocycles. The van der Waals surface area contributed by atoms with Gasteiger partial charge in [-0.3, -0.25) is 0 Å². The largest absolute Gasteiger partial charge is 0.561 e. The summed E-state index contributed by atoms with van der Waals surface area (Å²) >= 11 is 0. The third-order valence-corrected chi connectivity index (χ3v) is 2.35. The van der Waals surface area contributed by atoms with E-state index in [4.69, 9.17) is 5.73 Å². The number of nitrogens with zero attached hydrogens (tertiary/aromatic N) is 2. The molecule has 2 aromatic rings. The molecule has 0 bridgehead atoms. The average molecular weight is 220 g/mol. The molecule has 0 unspecified atom stereocenters. The summed E-state index contributed by atoms with van der Waals surface area (Å²) in [7, 11) is 0. The third-order valence-electron chi connectivity index (χ3n) is 2.35. The van der Waals surface area contributed by atoms with E-state index in [-0.39, 0.29) is 20.9 Å². The van der Waals surface area contributed by atoms with Gasteiger partial charge in [-0.2, -0.15) is 0 Å². The van der Waals surface area contributed by atoms with E-state index < -0.39 is 0 Å². The predicted octanol–water partition coefficient (Wildman–Crippen LogP) is 0.121. The van der Waals surface area contributed by atoms with Crippen molar-refractivity contribution in [2.45, 2.75) is 6.92 Å². The molecular weight excluding hydrogens is 208 g/mol. The van der Waals surface area contributed by atoms with Crippen LogP contribution in [-0.2, 0) is 0 Å². The molecule has 3 N–H and O–H groups in total. The molecule has 6 heteroatoms. The van der Waals surface area contributed by atoms with Crippen LogP contribution in [0.4, 0.5) is 11.4 Å². The summed E-state index contributed by atoms with van der Waals surface area (Å²) in [5.41, 5.74) is 6.96. The molecule has 1 aromatic carbocycles. The topological polar surface area (TPSA) is 91.9 Å². The Morgan fingerprint density at radius 3 is 2.75 bits per heavy atom. The highest BCUT2D eigenvalue weighted by atomic mass is 16.6. The van der Waals surface area contributed by atoms with Gasteiger partial charge in [-0.1, -0.05) is 0 Å². The van der Waals surface area contributed by atoms with Crippen molar-refractivity contribution in [2.75, 3.05) is 17.6 Å². The molecule has 2 rings (SSSR count). The molecule has 1 aromatic heterocycles. The van der Waals surface area contributed by atoms with Crippen LogP contribution in [0, 0.1) is 10.4 Å². The average Bonchev–Trinajstić information content (AvgIpc) is 2.27. The van der Waals surface area contributed by atoms with Crippen molar-refractivity contribution in [2.24, 2.45) is 0 Å². The van der Waals surface area contributed by atoms with Gasteiger partial charge in [0.25, 0.3) is 6.20 Å². The standard InChI is InChI=1S/C10H12N4O2/c1-2-12-9-4-3-8(11)10-7(9)5-6-13(15)14(10)16/h3-6,12H,2,11H2,1H3. The van der Waals surface area contributed by atoms with Gasteiger partial charge in [0.05, 0.1) is 15.1 Å². The second kappa shape index (κ2) is 3.73. The Labute approximate surface area is 92.1 Å². The van der Waals surface area contributed by atoms with E-state index in [0.717, 1.165) is 18.4 Å². The van der Waals surface area contributed by atoms with Gasteiger partial charge < -0.3 is 21.5 Å². The van der Waals surface area contributed by atoms with Crippen molar-refractivity contribution >= 4 is 22.3 Å². The normalized spacial score (nSPS) is 10.6. The lowest BCUT2D eigenvalue weighted by molar-refractivity contribution is -1.18. The molecule has 0 aliphatic heterocycles. The molecule has 0 radical (unpaired) electrons. The van der Waals surface area contributed by atoms with Crippen LogP contribution in [0.15, 0.2) is 24.4 Å². The van der Waals surface area contributed by atoms with Gasteiger partial charge in [0.1, 0.15) is 5.69 Å². The first-order valence-corrected chi connectivity index (χ1v) is 4.93. The third kappa shape index (κ3) is 1.44. The first kappa shape index (κ1) is 10.3. The zero-order valence-electron chi connectivity index (χ0n) is 8.80. The van der Waals surface area contributed by atoms with E-state index in [1.54, 1.807) is 18.2 Å². The molecule has 16 heavy (non-hydrogen) atoms. The quantitative estimate of drug-likeness (QED) is 0.427. The Kier molecular flexibility index (Phi) is 2.40. The summed E-state index contributed by atoms with van der Waals surface area (Å²) < 4.78 is 0. The lowest BCUT2D eigenvalue weighted by atomic mass is 10.1. The number of hydrogen-bond donors (Lipinski definition) is 2. The number of anilines is 2. The minimum absolute atomic E-state index is 0.191. The van der Waals surface area contributed by atoms with Gasteiger partial charge in [-0.25, -0.2) is 0 Å². The number of nitrogen functional groups attached to an aromatic ring is 1. The lowest BCUT2D eigenvalue weighted by Crippen LogP contribution is -2.60. The van der Waals surface area contributed by atoms with E-state index in [0.29, 0.717) is 5.39 Å². The molecule has 0 atom stereocenters. The summed E-state index contributed by atoms with van der Waals surface area (Å²) in [4.78, 5) is 0.444. The zero-order valence-corrected chi connectivity index (χ0v) is 8.80. The first-order chi connectivity index (χ1) is 7.65. The Morgan fingerprint density at radius 2 is 2.06 bits per heavy atom. The molecule has 1 heterocycles. The summed E-state index contributed by atoms with van der Waals surface area (Å²) in [6.45, 7) is 2.67. The maximum Gasteiger partial charge on any atom is 0.319 e. The molecule has 0 spiro atoms. The molecule has 0 fully saturated rings. The van der Waals surface area contributed by atoms with Crippen LogP contribution in [0.5, 0.6) is 0 Å². The van der Waals surface area contributed by atoms with Gasteiger partial charge >= 0.3 is 5.52 Å². The van der Waals surface area contributed by atoms with Crippen molar-refractivity contribution in [1.29, 1.82) is 0 Å². The fourth-order valence-electron chi connectivity index (χ4n) is 1.65. The van der Waals surface area contributed by atoms with Gasteiger partial charge in [-0.05, 0) is 19.1 Å². The fourth-order valence-corrected chi connectivity index (χ4v) is 1.65. The van der Waals surface area contributed by atoms with Crippen LogP contribution in [0.25, 0.3) is 10.9 Å². The summed E-state index contributed by atoms with van der Waals surface area (Å²) in [5, 5.41) is 26.5. The molecule has 84 valence electrons. The van der Waals surface area contributed by atoms with Crippen molar-refractivity contribution < 1.29 is 9.69 Å². The van der Waals surface area contributed by atoms with Crippen molar-refractivity contribution in [1.82, 2.24) is 0 Å². The smallest absolute Gasteiger partial charge is 0.319 e. The lowest BCUT2D eigenvalue weighted by Gasteiger charge is -2.07. The second-order valence-corrected chi connectivity index (χ2v) is 3.39. The van der Waals surface area contributed by atoms with Crippen LogP contribution in [0.3, 0.4) is 0 Å². The monoisotopic (exact) mass is 220 g/mol. The van der Waals surface area contributed by atoms with Crippen molar-refractivity contribution in [3.8, 4) is 0 Å². The van der Waals surface area contributed by atoms with E-state index in [9.17, 15) is 10.4 Å². The maximum atomic E-state index is 11.6. The van der Waals surface area contributed by atoms with E-state index in [1.807, 2.05) is 6.92 Å². The number of hydrogen-bond acceptors (Lipinski definition) is 4. The first-order valence-electron chi connectivity index (χ1n) is 4.93. The van der Waals surface area contributed by atoms with Crippen LogP contribution in [-0.4, -0.2) is 6.54 Å². The van der Waals surface area contributed by atoms with Crippen molar-refractivity contribution in [3.05, 3.63) is 34.8 Å². The Balaban J connectivity index is 2.80. The number of fused-ring (bicyclic) bond motifs is 1. The minimum atomic E-state index is 0.191. The minimum Gasteiger partial charge on any atom is -0.561 e. The maximum absolute atomic E-state index is 11.6. The molecule has 0 saturated heterocycles. The van der Waals surface area contributed by atoms with Crippen LogP contribution in [0.2, 0.25) is 0 Å². The van der Waals surface area contributed by atoms with Gasteiger partial charge in [0, 0.05) is 18.3 Å². The number of benzene rings is 1. The summed E-state index contributed by atoms with van der Waals surface area (Å²) in [6.07, 6.45) is 1.16. The molecule has 6 nitrogen and oxygen atoms in total. The molecule has 0 aliphatic rings. The molecule has 0 aliphatic carbocycles. The highest BCUT2D eigenvalue weighted by Gasteiger charge is 2.17. The van der Waals surface area contributed by atoms with Gasteiger partial charge in [0.2, 0.25) is 0 Å². The van der Waals surface area contributed by atoms with E-state index >= 15 is 0 Å². The van der Waals surface area contributed by atoms with E-state index in [2.05, 4.69) is 5.32 Å². The molecular formula is C10H12N4O2. The zero-order chi connectivity index (χ0) is 11.7. The number of nitrogens with one attached hydrogen (secondary N) is 1. The molecule has 0 amide bonds. The predicted molar refractivity (Wildman–Crippen MR) is 60.4 cm³/mol. The van der Waals surface area contributed by atoms with Crippen molar-refractivity contribution in [3.63, 3.8) is 0 Å². The van der Waals surface area contributed by atoms with Crippen LogP contribution >= 0.6 is 0 Å². The Hall–Kier alpha value is -2.24. The fraction of sp³-hybridized carbons (Fsp3) is 0.200.